The molecule has 0 saturated carbocycles. The van der Waals surface area contributed by atoms with Gasteiger partial charge in [0.2, 0.25) is 5.82 Å². The van der Waals surface area contributed by atoms with E-state index in [1.165, 1.54) is 6.07 Å². The smallest absolute Gasteiger partial charge is 0.312 e. The highest BCUT2D eigenvalue weighted by atomic mass is 16.6. The van der Waals surface area contributed by atoms with E-state index in [2.05, 4.69) is 9.97 Å². The summed E-state index contributed by atoms with van der Waals surface area (Å²) in [6.45, 7) is 0. The number of pyridine rings is 2. The topological polar surface area (TPSA) is 72.2 Å². The molecule has 18 heavy (non-hydrogen) atoms. The van der Waals surface area contributed by atoms with Crippen LogP contribution >= 0.6 is 0 Å². The predicted molar refractivity (Wildman–Crippen MR) is 68.4 cm³/mol. The number of hydrogen-bond acceptors (Lipinski definition) is 5. The number of nitro groups is 1. The van der Waals surface area contributed by atoms with E-state index in [0.29, 0.717) is 11.4 Å². The molecule has 2 aromatic rings. The van der Waals surface area contributed by atoms with Crippen molar-refractivity contribution in [2.24, 2.45) is 0 Å². The van der Waals surface area contributed by atoms with E-state index in [0.717, 1.165) is 5.56 Å². The molecule has 6 nitrogen and oxygen atoms in total. The van der Waals surface area contributed by atoms with Crippen LogP contribution in [0.5, 0.6) is 0 Å². The summed E-state index contributed by atoms with van der Waals surface area (Å²) in [6.07, 6.45) is 4.90. The first-order valence-electron chi connectivity index (χ1n) is 5.32. The molecular weight excluding hydrogens is 232 g/mol. The Morgan fingerprint density at radius 1 is 1.22 bits per heavy atom. The van der Waals surface area contributed by atoms with Gasteiger partial charge in [-0.25, -0.2) is 4.98 Å². The van der Waals surface area contributed by atoms with Crippen molar-refractivity contribution in [3.05, 3.63) is 46.9 Å². The summed E-state index contributed by atoms with van der Waals surface area (Å²) in [4.78, 5) is 20.3. The third-order valence-electron chi connectivity index (χ3n) is 2.48. The lowest BCUT2D eigenvalue weighted by Crippen LogP contribution is -2.12. The highest BCUT2D eigenvalue weighted by Crippen LogP contribution is 2.29. The van der Waals surface area contributed by atoms with Gasteiger partial charge in [-0.05, 0) is 17.7 Å². The van der Waals surface area contributed by atoms with Gasteiger partial charge in [0.05, 0.1) is 4.92 Å². The number of aromatic nitrogens is 2. The van der Waals surface area contributed by atoms with Gasteiger partial charge >= 0.3 is 5.69 Å². The molecule has 0 aromatic carbocycles. The zero-order valence-corrected chi connectivity index (χ0v) is 10.1. The van der Waals surface area contributed by atoms with Crippen LogP contribution in [0.4, 0.5) is 11.5 Å². The average Bonchev–Trinajstić information content (AvgIpc) is 2.39. The fraction of sp³-hybridized carbons (Fsp3) is 0.167. The van der Waals surface area contributed by atoms with Crippen LogP contribution in [0.3, 0.4) is 0 Å². The average molecular weight is 244 g/mol. The van der Waals surface area contributed by atoms with Crippen LogP contribution in [0.25, 0.3) is 11.1 Å². The lowest BCUT2D eigenvalue weighted by atomic mass is 10.1. The third kappa shape index (κ3) is 2.27. The maximum Gasteiger partial charge on any atom is 0.312 e. The molecule has 0 radical (unpaired) electrons. The molecule has 0 bridgehead atoms. The molecular formula is C12H12N4O2. The zero-order chi connectivity index (χ0) is 13.1. The van der Waals surface area contributed by atoms with Crippen molar-refractivity contribution < 1.29 is 4.92 Å². The monoisotopic (exact) mass is 244 g/mol. The third-order valence-corrected chi connectivity index (χ3v) is 2.48. The quantitative estimate of drug-likeness (QED) is 0.610. The fourth-order valence-electron chi connectivity index (χ4n) is 1.63. The number of nitrogens with zero attached hydrogens (tertiary/aromatic N) is 4. The summed E-state index contributed by atoms with van der Waals surface area (Å²) >= 11 is 0. The van der Waals surface area contributed by atoms with Crippen molar-refractivity contribution in [3.8, 4) is 11.1 Å². The van der Waals surface area contributed by atoms with Crippen LogP contribution in [-0.2, 0) is 0 Å². The first-order chi connectivity index (χ1) is 8.59. The van der Waals surface area contributed by atoms with Crippen LogP contribution in [0.2, 0.25) is 0 Å². The van der Waals surface area contributed by atoms with Gasteiger partial charge in [-0.15, -0.1) is 0 Å². The molecule has 0 spiro atoms. The van der Waals surface area contributed by atoms with E-state index in [1.54, 1.807) is 49.7 Å². The van der Waals surface area contributed by atoms with Gasteiger partial charge in [-0.3, -0.25) is 15.1 Å². The molecule has 2 aromatic heterocycles. The lowest BCUT2D eigenvalue weighted by molar-refractivity contribution is -0.384. The van der Waals surface area contributed by atoms with E-state index < -0.39 is 4.92 Å². The van der Waals surface area contributed by atoms with Crippen LogP contribution in [0.15, 0.2) is 36.8 Å². The van der Waals surface area contributed by atoms with E-state index in [9.17, 15) is 10.1 Å². The molecule has 0 aliphatic heterocycles. The zero-order valence-electron chi connectivity index (χ0n) is 10.1. The van der Waals surface area contributed by atoms with Crippen molar-refractivity contribution >= 4 is 11.5 Å². The molecule has 0 N–H and O–H groups in total. The van der Waals surface area contributed by atoms with Crippen molar-refractivity contribution in [2.45, 2.75) is 0 Å². The summed E-state index contributed by atoms with van der Waals surface area (Å²) in [5.74, 6) is 0.345. The Bertz CT molecular complexity index is 570. The van der Waals surface area contributed by atoms with Crippen LogP contribution in [-0.4, -0.2) is 29.0 Å². The molecule has 92 valence electrons. The first kappa shape index (κ1) is 12.0. The van der Waals surface area contributed by atoms with Crippen molar-refractivity contribution in [1.29, 1.82) is 0 Å². The maximum atomic E-state index is 11.0. The van der Waals surface area contributed by atoms with Gasteiger partial charge in [-0.2, -0.15) is 0 Å². The highest BCUT2D eigenvalue weighted by molar-refractivity contribution is 5.69. The molecule has 2 rings (SSSR count). The van der Waals surface area contributed by atoms with E-state index in [4.69, 9.17) is 0 Å². The molecule has 0 amide bonds. The normalized spacial score (nSPS) is 10.1. The predicted octanol–water partition coefficient (Wildman–Crippen LogP) is 2.12. The van der Waals surface area contributed by atoms with Crippen molar-refractivity contribution in [2.75, 3.05) is 19.0 Å². The van der Waals surface area contributed by atoms with Gasteiger partial charge in [0.1, 0.15) is 0 Å². The second kappa shape index (κ2) is 4.79. The molecule has 0 aliphatic carbocycles. The van der Waals surface area contributed by atoms with E-state index in [-0.39, 0.29) is 5.69 Å². The number of hydrogen-bond donors (Lipinski definition) is 0. The molecule has 6 heteroatoms. The molecule has 0 aliphatic rings. The molecule has 0 atom stereocenters. The minimum Gasteiger partial charge on any atom is -0.357 e. The van der Waals surface area contributed by atoms with Gasteiger partial charge in [0, 0.05) is 44.3 Å². The van der Waals surface area contributed by atoms with Gasteiger partial charge in [0.15, 0.2) is 0 Å². The minimum atomic E-state index is -0.424. The van der Waals surface area contributed by atoms with Gasteiger partial charge in [-0.1, -0.05) is 0 Å². The summed E-state index contributed by atoms with van der Waals surface area (Å²) in [5, 5.41) is 11.0. The van der Waals surface area contributed by atoms with Gasteiger partial charge in [0.25, 0.3) is 0 Å². The summed E-state index contributed by atoms with van der Waals surface area (Å²) in [6, 6.07) is 5.10. The summed E-state index contributed by atoms with van der Waals surface area (Å²) < 4.78 is 0. The Hall–Kier alpha value is -2.50. The second-order valence-electron chi connectivity index (χ2n) is 3.95. The van der Waals surface area contributed by atoms with Crippen LogP contribution < -0.4 is 4.90 Å². The van der Waals surface area contributed by atoms with Crippen LogP contribution in [0, 0.1) is 10.1 Å². The van der Waals surface area contributed by atoms with Gasteiger partial charge < -0.3 is 4.90 Å². The van der Waals surface area contributed by atoms with E-state index in [1.807, 2.05) is 0 Å². The maximum absolute atomic E-state index is 11.0. The second-order valence-corrected chi connectivity index (χ2v) is 3.95. The van der Waals surface area contributed by atoms with Crippen LogP contribution in [0.1, 0.15) is 0 Å². The SMILES string of the molecule is CN(C)c1ncc(-c2ccncc2)cc1[N+](=O)[O-]. The number of rotatable bonds is 3. The standard InChI is InChI=1S/C12H12N4O2/c1-15(2)12-11(16(17)18)7-10(8-14-12)9-3-5-13-6-4-9/h3-8H,1-2H3. The number of anilines is 1. The Morgan fingerprint density at radius 2 is 1.89 bits per heavy atom. The first-order valence-corrected chi connectivity index (χ1v) is 5.32. The fourth-order valence-corrected chi connectivity index (χ4v) is 1.63. The van der Waals surface area contributed by atoms with Crippen molar-refractivity contribution in [1.82, 2.24) is 9.97 Å². The Balaban J connectivity index is 2.54. The Morgan fingerprint density at radius 3 is 2.44 bits per heavy atom. The molecule has 0 fully saturated rings. The van der Waals surface area contributed by atoms with E-state index >= 15 is 0 Å². The van der Waals surface area contributed by atoms with Crippen molar-refractivity contribution in [3.63, 3.8) is 0 Å². The Labute approximate surface area is 104 Å². The Kier molecular flexibility index (Phi) is 3.18. The summed E-state index contributed by atoms with van der Waals surface area (Å²) in [5.41, 5.74) is 1.55. The highest BCUT2D eigenvalue weighted by Gasteiger charge is 2.18. The largest absolute Gasteiger partial charge is 0.357 e. The molecule has 0 unspecified atom stereocenters. The minimum absolute atomic E-state index is 0.00527. The molecule has 2 heterocycles. The molecule has 0 saturated heterocycles. The summed E-state index contributed by atoms with van der Waals surface area (Å²) in [7, 11) is 3.45. The lowest BCUT2D eigenvalue weighted by Gasteiger charge is -2.12.